The van der Waals surface area contributed by atoms with Crippen LogP contribution in [0.25, 0.3) is 10.6 Å². The Morgan fingerprint density at radius 3 is 2.56 bits per heavy atom. The summed E-state index contributed by atoms with van der Waals surface area (Å²) in [6.45, 7) is 0.0997. The van der Waals surface area contributed by atoms with Gasteiger partial charge >= 0.3 is 5.97 Å². The molecular formula is C19H17NO4S. The molecule has 0 saturated carbocycles. The average Bonchev–Trinajstić information content (AvgIpc) is 3.15. The maximum atomic E-state index is 12.4. The van der Waals surface area contributed by atoms with Crippen LogP contribution in [0.4, 0.5) is 0 Å². The van der Waals surface area contributed by atoms with Crippen LogP contribution in [0, 0.1) is 0 Å². The second kappa shape index (κ2) is 7.81. The number of benzene rings is 2. The van der Waals surface area contributed by atoms with Gasteiger partial charge in [0.1, 0.15) is 17.2 Å². The molecule has 0 radical (unpaired) electrons. The van der Waals surface area contributed by atoms with E-state index in [9.17, 15) is 4.79 Å². The lowest BCUT2D eigenvalue weighted by Crippen LogP contribution is -2.08. The molecule has 0 atom stereocenters. The van der Waals surface area contributed by atoms with Gasteiger partial charge in [0.15, 0.2) is 11.5 Å². The van der Waals surface area contributed by atoms with E-state index in [1.807, 2.05) is 35.7 Å². The first-order valence-electron chi connectivity index (χ1n) is 7.61. The Hall–Kier alpha value is -2.86. The average molecular weight is 355 g/mol. The van der Waals surface area contributed by atoms with Crippen LogP contribution >= 0.6 is 11.3 Å². The van der Waals surface area contributed by atoms with Crippen molar-refractivity contribution in [2.75, 3.05) is 14.2 Å². The summed E-state index contributed by atoms with van der Waals surface area (Å²) >= 11 is 1.52. The molecule has 25 heavy (non-hydrogen) atoms. The summed E-state index contributed by atoms with van der Waals surface area (Å²) in [6.07, 6.45) is 0. The number of carbonyl (C=O) groups excluding carboxylic acids is 1. The van der Waals surface area contributed by atoms with E-state index in [0.717, 1.165) is 10.6 Å². The van der Waals surface area contributed by atoms with Gasteiger partial charge in [-0.25, -0.2) is 9.78 Å². The number of ether oxygens (including phenoxy) is 3. The topological polar surface area (TPSA) is 57.7 Å². The molecule has 1 aromatic heterocycles. The Morgan fingerprint density at radius 2 is 1.84 bits per heavy atom. The van der Waals surface area contributed by atoms with Crippen LogP contribution in [0.2, 0.25) is 0 Å². The van der Waals surface area contributed by atoms with Gasteiger partial charge in [0.2, 0.25) is 0 Å². The van der Waals surface area contributed by atoms with Crippen LogP contribution in [0.3, 0.4) is 0 Å². The van der Waals surface area contributed by atoms with Crippen molar-refractivity contribution in [3.8, 4) is 22.1 Å². The van der Waals surface area contributed by atoms with E-state index < -0.39 is 5.97 Å². The molecule has 0 aliphatic rings. The fourth-order valence-electron chi connectivity index (χ4n) is 2.35. The van der Waals surface area contributed by atoms with Gasteiger partial charge in [-0.3, -0.25) is 0 Å². The fourth-order valence-corrected chi connectivity index (χ4v) is 3.16. The SMILES string of the molecule is COc1cccc(C(=O)OCc2csc(-c3ccccc3)n2)c1OC. The smallest absolute Gasteiger partial charge is 0.342 e. The maximum Gasteiger partial charge on any atom is 0.342 e. The molecule has 3 rings (SSSR count). The van der Waals surface area contributed by atoms with Crippen molar-refractivity contribution in [1.29, 1.82) is 0 Å². The van der Waals surface area contributed by atoms with E-state index in [-0.39, 0.29) is 6.61 Å². The quantitative estimate of drug-likeness (QED) is 0.621. The Morgan fingerprint density at radius 1 is 1.04 bits per heavy atom. The third-order valence-corrected chi connectivity index (χ3v) is 4.49. The summed E-state index contributed by atoms with van der Waals surface area (Å²) in [6, 6.07) is 15.0. The van der Waals surface area contributed by atoms with Gasteiger partial charge in [0, 0.05) is 10.9 Å². The first kappa shape index (κ1) is 17.0. The van der Waals surface area contributed by atoms with Gasteiger partial charge < -0.3 is 14.2 Å². The van der Waals surface area contributed by atoms with Gasteiger partial charge in [-0.1, -0.05) is 36.4 Å². The van der Waals surface area contributed by atoms with Crippen LogP contribution < -0.4 is 9.47 Å². The van der Waals surface area contributed by atoms with Gasteiger partial charge in [0.05, 0.1) is 19.9 Å². The molecule has 0 spiro atoms. The lowest BCUT2D eigenvalue weighted by molar-refractivity contribution is 0.0464. The number of aromatic nitrogens is 1. The molecule has 5 nitrogen and oxygen atoms in total. The summed E-state index contributed by atoms with van der Waals surface area (Å²) in [7, 11) is 3.01. The Bertz CT molecular complexity index is 861. The summed E-state index contributed by atoms with van der Waals surface area (Å²) < 4.78 is 15.8. The third-order valence-electron chi connectivity index (χ3n) is 3.55. The number of esters is 1. The molecule has 6 heteroatoms. The summed E-state index contributed by atoms with van der Waals surface area (Å²) in [5, 5.41) is 2.78. The van der Waals surface area contributed by atoms with Gasteiger partial charge in [0.25, 0.3) is 0 Å². The van der Waals surface area contributed by atoms with E-state index in [0.29, 0.717) is 22.8 Å². The number of hydrogen-bond donors (Lipinski definition) is 0. The highest BCUT2D eigenvalue weighted by Crippen LogP contribution is 2.31. The van der Waals surface area contributed by atoms with E-state index >= 15 is 0 Å². The van der Waals surface area contributed by atoms with E-state index in [1.54, 1.807) is 18.2 Å². The van der Waals surface area contributed by atoms with Gasteiger partial charge in [-0.2, -0.15) is 0 Å². The molecule has 0 amide bonds. The van der Waals surface area contributed by atoms with Crippen molar-refractivity contribution in [1.82, 2.24) is 4.98 Å². The van der Waals surface area contributed by atoms with Crippen LogP contribution in [0.1, 0.15) is 16.1 Å². The van der Waals surface area contributed by atoms with Crippen molar-refractivity contribution in [2.24, 2.45) is 0 Å². The Kier molecular flexibility index (Phi) is 5.30. The van der Waals surface area contributed by atoms with Crippen molar-refractivity contribution in [3.63, 3.8) is 0 Å². The predicted octanol–water partition coefficient (Wildman–Crippen LogP) is 4.18. The largest absolute Gasteiger partial charge is 0.493 e. The minimum atomic E-state index is -0.481. The second-order valence-electron chi connectivity index (χ2n) is 5.13. The van der Waals surface area contributed by atoms with E-state index in [4.69, 9.17) is 14.2 Å². The number of thiazole rings is 1. The number of methoxy groups -OCH3 is 2. The number of hydrogen-bond acceptors (Lipinski definition) is 6. The molecule has 2 aromatic carbocycles. The number of rotatable bonds is 6. The number of nitrogens with zero attached hydrogens (tertiary/aromatic N) is 1. The summed E-state index contributed by atoms with van der Waals surface area (Å²) in [5.41, 5.74) is 2.07. The molecule has 0 N–H and O–H groups in total. The van der Waals surface area contributed by atoms with Crippen LogP contribution in [-0.2, 0) is 11.3 Å². The van der Waals surface area contributed by atoms with Crippen LogP contribution in [-0.4, -0.2) is 25.2 Å². The lowest BCUT2D eigenvalue weighted by Gasteiger charge is -2.11. The van der Waals surface area contributed by atoms with Crippen LogP contribution in [0.5, 0.6) is 11.5 Å². The van der Waals surface area contributed by atoms with Gasteiger partial charge in [-0.15, -0.1) is 11.3 Å². The molecular weight excluding hydrogens is 338 g/mol. The Labute approximate surface area is 149 Å². The van der Waals surface area contributed by atoms with Crippen molar-refractivity contribution >= 4 is 17.3 Å². The molecule has 0 aliphatic carbocycles. The standard InChI is InChI=1S/C19H17NO4S/c1-22-16-10-6-9-15(17(16)23-2)19(21)24-11-14-12-25-18(20-14)13-7-4-3-5-8-13/h3-10,12H,11H2,1-2H3. The zero-order valence-electron chi connectivity index (χ0n) is 13.9. The van der Waals surface area contributed by atoms with Crippen LogP contribution in [0.15, 0.2) is 53.9 Å². The highest BCUT2D eigenvalue weighted by atomic mass is 32.1. The number of carbonyl (C=O) groups is 1. The van der Waals surface area contributed by atoms with E-state index in [1.165, 1.54) is 25.6 Å². The molecule has 0 aliphatic heterocycles. The van der Waals surface area contributed by atoms with E-state index in [2.05, 4.69) is 4.98 Å². The minimum Gasteiger partial charge on any atom is -0.493 e. The second-order valence-corrected chi connectivity index (χ2v) is 5.99. The molecule has 128 valence electrons. The molecule has 1 heterocycles. The summed E-state index contributed by atoms with van der Waals surface area (Å²) in [4.78, 5) is 16.9. The molecule has 0 saturated heterocycles. The molecule has 0 fully saturated rings. The monoisotopic (exact) mass is 355 g/mol. The maximum absolute atomic E-state index is 12.4. The fraction of sp³-hybridized carbons (Fsp3) is 0.158. The predicted molar refractivity (Wildman–Crippen MR) is 96.2 cm³/mol. The molecule has 0 bridgehead atoms. The third kappa shape index (κ3) is 3.80. The number of para-hydroxylation sites is 1. The summed E-state index contributed by atoms with van der Waals surface area (Å²) in [5.74, 6) is 0.361. The van der Waals surface area contributed by atoms with Gasteiger partial charge in [-0.05, 0) is 12.1 Å². The van der Waals surface area contributed by atoms with Crippen molar-refractivity contribution in [3.05, 3.63) is 65.2 Å². The zero-order valence-corrected chi connectivity index (χ0v) is 14.7. The highest BCUT2D eigenvalue weighted by molar-refractivity contribution is 7.13. The first-order valence-corrected chi connectivity index (χ1v) is 8.49. The Balaban J connectivity index is 1.70. The highest BCUT2D eigenvalue weighted by Gasteiger charge is 2.18. The minimum absolute atomic E-state index is 0.0997. The molecule has 3 aromatic rings. The zero-order chi connectivity index (χ0) is 17.6. The van der Waals surface area contributed by atoms with Crippen molar-refractivity contribution in [2.45, 2.75) is 6.61 Å². The first-order chi connectivity index (χ1) is 12.2. The van der Waals surface area contributed by atoms with Crippen molar-refractivity contribution < 1.29 is 19.0 Å². The molecule has 0 unspecified atom stereocenters. The normalized spacial score (nSPS) is 10.3. The lowest BCUT2D eigenvalue weighted by atomic mass is 10.2.